The molecule has 0 aromatic heterocycles. The average molecular weight is 284 g/mol. The third-order valence-electron chi connectivity index (χ3n) is 3.29. The molecule has 3 heteroatoms. The molecule has 0 heterocycles. The molecule has 0 aliphatic carbocycles. The lowest BCUT2D eigenvalue weighted by molar-refractivity contribution is 0.446. The van der Waals surface area contributed by atoms with Crippen LogP contribution in [0.15, 0.2) is 54.6 Å². The van der Waals surface area contributed by atoms with Crippen LogP contribution in [0.25, 0.3) is 22.9 Å². The van der Waals surface area contributed by atoms with Gasteiger partial charge in [-0.2, -0.15) is 0 Å². The molecule has 0 nitrogen and oxygen atoms in total. The average Bonchev–Trinajstić information content (AvgIpc) is 2.52. The molecule has 0 spiro atoms. The van der Waals surface area contributed by atoms with Gasteiger partial charge in [-0.25, -0.2) is 13.2 Å². The van der Waals surface area contributed by atoms with Gasteiger partial charge in [0, 0.05) is 5.56 Å². The largest absolute Gasteiger partial charge is 0.204 e. The van der Waals surface area contributed by atoms with Crippen LogP contribution >= 0.6 is 0 Å². The van der Waals surface area contributed by atoms with Crippen molar-refractivity contribution in [1.29, 1.82) is 0 Å². The maximum atomic E-state index is 13.6. The number of benzene rings is 3. The van der Waals surface area contributed by atoms with Gasteiger partial charge in [-0.05, 0) is 34.5 Å². The van der Waals surface area contributed by atoms with E-state index in [2.05, 4.69) is 0 Å². The van der Waals surface area contributed by atoms with E-state index in [9.17, 15) is 13.2 Å². The SMILES string of the molecule is Fc1ccc(/C=C\c2ccc3ccccc3c2)c(F)c1F. The number of hydrogen-bond donors (Lipinski definition) is 0. The Morgan fingerprint density at radius 1 is 0.667 bits per heavy atom. The Bertz CT molecular complexity index is 835. The maximum Gasteiger partial charge on any atom is 0.195 e. The van der Waals surface area contributed by atoms with Crippen LogP contribution in [0.4, 0.5) is 13.2 Å². The number of fused-ring (bicyclic) bond motifs is 1. The number of halogens is 3. The van der Waals surface area contributed by atoms with E-state index >= 15 is 0 Å². The van der Waals surface area contributed by atoms with Crippen molar-refractivity contribution < 1.29 is 13.2 Å². The minimum atomic E-state index is -1.45. The van der Waals surface area contributed by atoms with Crippen molar-refractivity contribution in [3.63, 3.8) is 0 Å². The molecule has 3 rings (SSSR count). The lowest BCUT2D eigenvalue weighted by Gasteiger charge is -2.01. The summed E-state index contributed by atoms with van der Waals surface area (Å²) >= 11 is 0. The monoisotopic (exact) mass is 284 g/mol. The van der Waals surface area contributed by atoms with Crippen LogP contribution < -0.4 is 0 Å². The standard InChI is InChI=1S/C18H11F3/c19-16-10-9-14(17(20)18(16)21)8-6-12-5-7-13-3-1-2-4-15(13)11-12/h1-11H/b8-6-. The third kappa shape index (κ3) is 2.68. The first-order valence-corrected chi connectivity index (χ1v) is 6.45. The van der Waals surface area contributed by atoms with Crippen LogP contribution in [0.1, 0.15) is 11.1 Å². The second-order valence-electron chi connectivity index (χ2n) is 4.70. The Hall–Kier alpha value is -2.55. The van der Waals surface area contributed by atoms with E-state index in [1.165, 1.54) is 12.1 Å². The van der Waals surface area contributed by atoms with Gasteiger partial charge in [-0.15, -0.1) is 0 Å². The highest BCUT2D eigenvalue weighted by Crippen LogP contribution is 2.20. The first-order valence-electron chi connectivity index (χ1n) is 6.45. The molecule has 3 aromatic carbocycles. The third-order valence-corrected chi connectivity index (χ3v) is 3.29. The smallest absolute Gasteiger partial charge is 0.195 e. The van der Waals surface area contributed by atoms with Gasteiger partial charge in [-0.3, -0.25) is 0 Å². The highest BCUT2D eigenvalue weighted by molar-refractivity contribution is 5.85. The molecular formula is C18H11F3. The zero-order valence-electron chi connectivity index (χ0n) is 11.0. The van der Waals surface area contributed by atoms with Crippen molar-refractivity contribution >= 4 is 22.9 Å². The molecule has 104 valence electrons. The van der Waals surface area contributed by atoms with Gasteiger partial charge in [-0.1, -0.05) is 48.6 Å². The lowest BCUT2D eigenvalue weighted by atomic mass is 10.1. The van der Waals surface area contributed by atoms with Crippen LogP contribution in [0, 0.1) is 17.5 Å². The summed E-state index contributed by atoms with van der Waals surface area (Å²) < 4.78 is 39.6. The summed E-state index contributed by atoms with van der Waals surface area (Å²) in [4.78, 5) is 0. The molecule has 0 aliphatic rings. The van der Waals surface area contributed by atoms with E-state index in [0.29, 0.717) is 0 Å². The van der Waals surface area contributed by atoms with Gasteiger partial charge in [0.15, 0.2) is 17.5 Å². The summed E-state index contributed by atoms with van der Waals surface area (Å²) in [6, 6.07) is 15.8. The minimum Gasteiger partial charge on any atom is -0.204 e. The van der Waals surface area contributed by atoms with Gasteiger partial charge in [0.1, 0.15) is 0 Å². The maximum absolute atomic E-state index is 13.6. The predicted molar refractivity (Wildman–Crippen MR) is 79.2 cm³/mol. The highest BCUT2D eigenvalue weighted by atomic mass is 19.2. The Labute approximate surface area is 120 Å². The molecule has 0 bridgehead atoms. The molecule has 0 N–H and O–H groups in total. The Kier molecular flexibility index (Phi) is 3.48. The lowest BCUT2D eigenvalue weighted by Crippen LogP contribution is -1.92. The van der Waals surface area contributed by atoms with Crippen LogP contribution in [0.5, 0.6) is 0 Å². The van der Waals surface area contributed by atoms with Crippen molar-refractivity contribution in [3.8, 4) is 0 Å². The molecule has 21 heavy (non-hydrogen) atoms. The van der Waals surface area contributed by atoms with Gasteiger partial charge in [0.2, 0.25) is 0 Å². The Morgan fingerprint density at radius 2 is 1.43 bits per heavy atom. The van der Waals surface area contributed by atoms with E-state index in [1.807, 2.05) is 42.5 Å². The Morgan fingerprint density at radius 3 is 2.24 bits per heavy atom. The molecular weight excluding hydrogens is 273 g/mol. The molecule has 0 saturated heterocycles. The van der Waals surface area contributed by atoms with Gasteiger partial charge < -0.3 is 0 Å². The van der Waals surface area contributed by atoms with Crippen LogP contribution in [-0.2, 0) is 0 Å². The minimum absolute atomic E-state index is 0.0158. The normalized spacial score (nSPS) is 11.4. The summed E-state index contributed by atoms with van der Waals surface area (Å²) in [7, 11) is 0. The van der Waals surface area contributed by atoms with Crippen LogP contribution in [0.2, 0.25) is 0 Å². The topological polar surface area (TPSA) is 0 Å². The second kappa shape index (κ2) is 5.44. The van der Waals surface area contributed by atoms with Crippen molar-refractivity contribution in [3.05, 3.63) is 83.2 Å². The molecule has 0 amide bonds. The summed E-state index contributed by atoms with van der Waals surface area (Å²) in [6.45, 7) is 0. The molecule has 0 fully saturated rings. The molecule has 3 aromatic rings. The molecule has 0 saturated carbocycles. The summed E-state index contributed by atoms with van der Waals surface area (Å²) in [5.74, 6) is -3.81. The van der Waals surface area contributed by atoms with Gasteiger partial charge >= 0.3 is 0 Å². The fourth-order valence-electron chi connectivity index (χ4n) is 2.17. The van der Waals surface area contributed by atoms with Crippen molar-refractivity contribution in [2.75, 3.05) is 0 Å². The van der Waals surface area contributed by atoms with Crippen molar-refractivity contribution in [2.24, 2.45) is 0 Å². The van der Waals surface area contributed by atoms with Crippen molar-refractivity contribution in [2.45, 2.75) is 0 Å². The van der Waals surface area contributed by atoms with Gasteiger partial charge in [0.25, 0.3) is 0 Å². The fourth-order valence-corrected chi connectivity index (χ4v) is 2.17. The van der Waals surface area contributed by atoms with E-state index in [1.54, 1.807) is 6.08 Å². The summed E-state index contributed by atoms with van der Waals surface area (Å²) in [6.07, 6.45) is 3.10. The quantitative estimate of drug-likeness (QED) is 0.435. The highest BCUT2D eigenvalue weighted by Gasteiger charge is 2.11. The Balaban J connectivity index is 1.96. The summed E-state index contributed by atoms with van der Waals surface area (Å²) in [5, 5.41) is 2.17. The van der Waals surface area contributed by atoms with E-state index in [4.69, 9.17) is 0 Å². The molecule has 0 radical (unpaired) electrons. The predicted octanol–water partition coefficient (Wildman–Crippen LogP) is 5.43. The first-order chi connectivity index (χ1) is 10.1. The summed E-state index contributed by atoms with van der Waals surface area (Å²) in [5.41, 5.74) is 0.875. The van der Waals surface area contributed by atoms with Crippen molar-refractivity contribution in [1.82, 2.24) is 0 Å². The zero-order valence-corrected chi connectivity index (χ0v) is 11.0. The van der Waals surface area contributed by atoms with Crippen LogP contribution in [0.3, 0.4) is 0 Å². The molecule has 0 aliphatic heterocycles. The van der Waals surface area contributed by atoms with Gasteiger partial charge in [0.05, 0.1) is 0 Å². The van der Waals surface area contributed by atoms with E-state index in [-0.39, 0.29) is 5.56 Å². The molecule has 0 atom stereocenters. The fraction of sp³-hybridized carbons (Fsp3) is 0. The number of rotatable bonds is 2. The number of hydrogen-bond acceptors (Lipinski definition) is 0. The second-order valence-corrected chi connectivity index (χ2v) is 4.70. The first kappa shape index (κ1) is 13.4. The van der Waals surface area contributed by atoms with E-state index in [0.717, 1.165) is 22.4 Å². The van der Waals surface area contributed by atoms with Crippen LogP contribution in [-0.4, -0.2) is 0 Å². The zero-order chi connectivity index (χ0) is 14.8. The van der Waals surface area contributed by atoms with E-state index < -0.39 is 17.5 Å². The molecule has 0 unspecified atom stereocenters.